The minimum Gasteiger partial charge on any atom is -0.379 e. The molecule has 2 fully saturated rings. The smallest absolute Gasteiger partial charge is 0.0663 e. The van der Waals surface area contributed by atoms with Crippen molar-refractivity contribution in [2.75, 3.05) is 32.8 Å². The largest absolute Gasteiger partial charge is 0.379 e. The molecule has 82 valence electrons. The topological polar surface area (TPSA) is 38.5 Å². The zero-order valence-corrected chi connectivity index (χ0v) is 9.17. The Hall–Kier alpha value is -0.120. The molecule has 2 N–H and O–H groups in total. The molecule has 0 amide bonds. The van der Waals surface area contributed by atoms with Gasteiger partial charge in [-0.15, -0.1) is 0 Å². The van der Waals surface area contributed by atoms with Crippen LogP contribution in [0.3, 0.4) is 0 Å². The molecular formula is C11H22N2O. The number of rotatable bonds is 3. The SMILES string of the molecule is CCC1CCN(C2(CN)CCOC2)C1. The van der Waals surface area contributed by atoms with Gasteiger partial charge in [-0.2, -0.15) is 0 Å². The van der Waals surface area contributed by atoms with Crippen LogP contribution in [-0.4, -0.2) is 43.3 Å². The van der Waals surface area contributed by atoms with Crippen molar-refractivity contribution in [1.29, 1.82) is 0 Å². The highest BCUT2D eigenvalue weighted by Crippen LogP contribution is 2.31. The van der Waals surface area contributed by atoms with Crippen LogP contribution in [0.5, 0.6) is 0 Å². The average molecular weight is 198 g/mol. The van der Waals surface area contributed by atoms with Crippen molar-refractivity contribution in [3.05, 3.63) is 0 Å². The van der Waals surface area contributed by atoms with Gasteiger partial charge in [0, 0.05) is 19.7 Å². The van der Waals surface area contributed by atoms with Crippen molar-refractivity contribution in [2.45, 2.75) is 31.7 Å². The molecule has 0 aromatic heterocycles. The maximum Gasteiger partial charge on any atom is 0.0663 e. The molecule has 0 radical (unpaired) electrons. The fraction of sp³-hybridized carbons (Fsp3) is 1.00. The van der Waals surface area contributed by atoms with Crippen LogP contribution in [0.25, 0.3) is 0 Å². The predicted molar refractivity (Wildman–Crippen MR) is 57.2 cm³/mol. The van der Waals surface area contributed by atoms with Crippen molar-refractivity contribution in [3.63, 3.8) is 0 Å². The monoisotopic (exact) mass is 198 g/mol. The van der Waals surface area contributed by atoms with Crippen molar-refractivity contribution in [1.82, 2.24) is 4.90 Å². The Kier molecular flexibility index (Phi) is 3.10. The lowest BCUT2D eigenvalue weighted by atomic mass is 9.96. The van der Waals surface area contributed by atoms with E-state index in [-0.39, 0.29) is 5.54 Å². The number of likely N-dealkylation sites (tertiary alicyclic amines) is 1. The first-order valence-corrected chi connectivity index (χ1v) is 5.83. The average Bonchev–Trinajstić information content (AvgIpc) is 2.87. The normalized spacial score (nSPS) is 39.4. The molecule has 0 saturated carbocycles. The molecule has 0 bridgehead atoms. The first-order valence-electron chi connectivity index (χ1n) is 5.83. The van der Waals surface area contributed by atoms with Gasteiger partial charge in [0.25, 0.3) is 0 Å². The van der Waals surface area contributed by atoms with Crippen molar-refractivity contribution >= 4 is 0 Å². The summed E-state index contributed by atoms with van der Waals surface area (Å²) in [5.41, 5.74) is 6.10. The maximum atomic E-state index is 5.91. The Morgan fingerprint density at radius 3 is 2.93 bits per heavy atom. The lowest BCUT2D eigenvalue weighted by Gasteiger charge is -2.36. The second-order valence-electron chi connectivity index (χ2n) is 4.74. The summed E-state index contributed by atoms with van der Waals surface area (Å²) in [6.45, 7) is 7.23. The van der Waals surface area contributed by atoms with E-state index in [0.717, 1.165) is 32.1 Å². The molecule has 2 aliphatic heterocycles. The standard InChI is InChI=1S/C11H22N2O/c1-2-10-3-5-13(7-10)11(8-12)4-6-14-9-11/h10H,2-9,12H2,1H3. The van der Waals surface area contributed by atoms with Gasteiger partial charge in [0.05, 0.1) is 12.1 Å². The Labute approximate surface area is 86.6 Å². The number of hydrogen-bond donors (Lipinski definition) is 1. The number of hydrogen-bond acceptors (Lipinski definition) is 3. The predicted octanol–water partition coefficient (Wildman–Crippen LogP) is 0.836. The molecule has 0 spiro atoms. The molecule has 2 saturated heterocycles. The van der Waals surface area contributed by atoms with E-state index in [0.29, 0.717) is 0 Å². The van der Waals surface area contributed by atoms with E-state index < -0.39 is 0 Å². The minimum atomic E-state index is 0.184. The van der Waals surface area contributed by atoms with Gasteiger partial charge in [0.15, 0.2) is 0 Å². The van der Waals surface area contributed by atoms with Crippen LogP contribution < -0.4 is 5.73 Å². The van der Waals surface area contributed by atoms with Gasteiger partial charge in [-0.05, 0) is 25.3 Å². The first-order chi connectivity index (χ1) is 6.80. The first kappa shape index (κ1) is 10.4. The second-order valence-corrected chi connectivity index (χ2v) is 4.74. The fourth-order valence-electron chi connectivity index (χ4n) is 2.73. The Balaban J connectivity index is 1.99. The Morgan fingerprint density at radius 1 is 1.57 bits per heavy atom. The molecule has 0 aromatic rings. The molecule has 3 nitrogen and oxygen atoms in total. The van der Waals surface area contributed by atoms with E-state index in [4.69, 9.17) is 10.5 Å². The lowest BCUT2D eigenvalue weighted by molar-refractivity contribution is 0.0889. The van der Waals surface area contributed by atoms with Gasteiger partial charge in [-0.3, -0.25) is 4.90 Å². The summed E-state index contributed by atoms with van der Waals surface area (Å²) < 4.78 is 5.51. The van der Waals surface area contributed by atoms with Gasteiger partial charge >= 0.3 is 0 Å². The summed E-state index contributed by atoms with van der Waals surface area (Å²) in [6.07, 6.45) is 3.77. The van der Waals surface area contributed by atoms with E-state index in [1.807, 2.05) is 0 Å². The van der Waals surface area contributed by atoms with Crippen LogP contribution >= 0.6 is 0 Å². The van der Waals surface area contributed by atoms with E-state index in [2.05, 4.69) is 11.8 Å². The fourth-order valence-corrected chi connectivity index (χ4v) is 2.73. The summed E-state index contributed by atoms with van der Waals surface area (Å²) in [6, 6.07) is 0. The van der Waals surface area contributed by atoms with Gasteiger partial charge in [0.1, 0.15) is 0 Å². The zero-order chi connectivity index (χ0) is 10.0. The van der Waals surface area contributed by atoms with Crippen LogP contribution in [0.4, 0.5) is 0 Å². The highest BCUT2D eigenvalue weighted by atomic mass is 16.5. The van der Waals surface area contributed by atoms with Crippen LogP contribution in [0.15, 0.2) is 0 Å². The third kappa shape index (κ3) is 1.69. The summed E-state index contributed by atoms with van der Waals surface area (Å²) in [5, 5.41) is 0. The van der Waals surface area contributed by atoms with Crippen molar-refractivity contribution in [2.24, 2.45) is 11.7 Å². The van der Waals surface area contributed by atoms with Crippen molar-refractivity contribution in [3.8, 4) is 0 Å². The molecule has 0 aliphatic carbocycles. The summed E-state index contributed by atoms with van der Waals surface area (Å²) in [5.74, 6) is 0.888. The zero-order valence-electron chi connectivity index (χ0n) is 9.17. The van der Waals surface area contributed by atoms with Crippen LogP contribution in [0.1, 0.15) is 26.2 Å². The Bertz CT molecular complexity index is 190. The molecule has 2 rings (SSSR count). The molecule has 0 aromatic carbocycles. The van der Waals surface area contributed by atoms with Crippen molar-refractivity contribution < 1.29 is 4.74 Å². The third-order valence-electron chi connectivity index (χ3n) is 4.00. The van der Waals surface area contributed by atoms with E-state index in [9.17, 15) is 0 Å². The van der Waals surface area contributed by atoms with Crippen LogP contribution in [0, 0.1) is 5.92 Å². The lowest BCUT2D eigenvalue weighted by Crippen LogP contribution is -2.53. The van der Waals surface area contributed by atoms with Gasteiger partial charge in [0.2, 0.25) is 0 Å². The molecule has 2 atom stereocenters. The number of nitrogens with zero attached hydrogens (tertiary/aromatic N) is 1. The minimum absolute atomic E-state index is 0.184. The van der Waals surface area contributed by atoms with E-state index in [1.54, 1.807) is 0 Å². The third-order valence-corrected chi connectivity index (χ3v) is 4.00. The summed E-state index contributed by atoms with van der Waals surface area (Å²) >= 11 is 0. The highest BCUT2D eigenvalue weighted by Gasteiger charge is 2.42. The molecular weight excluding hydrogens is 176 g/mol. The van der Waals surface area contributed by atoms with Crippen LogP contribution in [-0.2, 0) is 4.74 Å². The summed E-state index contributed by atoms with van der Waals surface area (Å²) in [7, 11) is 0. The molecule has 2 unspecified atom stereocenters. The molecule has 2 aliphatic rings. The molecule has 2 heterocycles. The highest BCUT2D eigenvalue weighted by molar-refractivity contribution is 4.97. The summed E-state index contributed by atoms with van der Waals surface area (Å²) in [4.78, 5) is 2.58. The van der Waals surface area contributed by atoms with Gasteiger partial charge in [-0.25, -0.2) is 0 Å². The van der Waals surface area contributed by atoms with Gasteiger partial charge in [-0.1, -0.05) is 13.3 Å². The molecule has 3 heteroatoms. The second kappa shape index (κ2) is 4.17. The van der Waals surface area contributed by atoms with Crippen LogP contribution in [0.2, 0.25) is 0 Å². The number of nitrogens with two attached hydrogens (primary N) is 1. The van der Waals surface area contributed by atoms with E-state index in [1.165, 1.54) is 25.9 Å². The quantitative estimate of drug-likeness (QED) is 0.730. The number of ether oxygens (including phenoxy) is 1. The Morgan fingerprint density at radius 2 is 2.43 bits per heavy atom. The molecule has 14 heavy (non-hydrogen) atoms. The van der Waals surface area contributed by atoms with Gasteiger partial charge < -0.3 is 10.5 Å². The van der Waals surface area contributed by atoms with E-state index >= 15 is 0 Å². The maximum absolute atomic E-state index is 5.91.